The van der Waals surface area contributed by atoms with E-state index in [9.17, 15) is 9.59 Å². The van der Waals surface area contributed by atoms with Crippen LogP contribution >= 0.6 is 11.3 Å². The van der Waals surface area contributed by atoms with E-state index in [0.717, 1.165) is 27.8 Å². The molecule has 1 aromatic carbocycles. The summed E-state index contributed by atoms with van der Waals surface area (Å²) < 4.78 is 0. The van der Waals surface area contributed by atoms with Crippen LogP contribution < -0.4 is 15.8 Å². The number of hydrogen-bond donors (Lipinski definition) is 2. The fraction of sp³-hybridized carbons (Fsp3) is 0.269. The number of urea groups is 1. The molecule has 0 radical (unpaired) electrons. The number of H-pyrrole nitrogens is 1. The van der Waals surface area contributed by atoms with Crippen LogP contribution in [0.1, 0.15) is 50.7 Å². The molecule has 0 aliphatic heterocycles. The molecule has 7 heteroatoms. The molecule has 2 amide bonds. The van der Waals surface area contributed by atoms with E-state index in [1.807, 2.05) is 6.07 Å². The summed E-state index contributed by atoms with van der Waals surface area (Å²) in [7, 11) is 1.60. The molecule has 4 rings (SSSR count). The average Bonchev–Trinajstić information content (AvgIpc) is 3.32. The molecule has 33 heavy (non-hydrogen) atoms. The largest absolute Gasteiger partial charge is 0.326 e. The van der Waals surface area contributed by atoms with Gasteiger partial charge in [-0.15, -0.1) is 0 Å². The maximum Gasteiger partial charge on any atom is 0.326 e. The van der Waals surface area contributed by atoms with Crippen molar-refractivity contribution in [2.45, 2.75) is 39.5 Å². The van der Waals surface area contributed by atoms with E-state index in [1.165, 1.54) is 10.5 Å². The summed E-state index contributed by atoms with van der Waals surface area (Å²) in [5, 5.41) is 8.08. The number of hydrogen-bond acceptors (Lipinski definition) is 4. The molecule has 2 N–H and O–H groups in total. The van der Waals surface area contributed by atoms with Gasteiger partial charge in [0.05, 0.1) is 0 Å². The van der Waals surface area contributed by atoms with Gasteiger partial charge in [0.2, 0.25) is 0 Å². The lowest BCUT2D eigenvalue weighted by atomic mass is 9.89. The molecule has 4 aromatic rings. The Kier molecular flexibility index (Phi) is 6.33. The number of carbonyl (C=O) groups is 1. The van der Waals surface area contributed by atoms with Crippen LogP contribution in [0.15, 0.2) is 58.1 Å². The van der Waals surface area contributed by atoms with Crippen molar-refractivity contribution in [1.82, 2.24) is 9.97 Å². The highest BCUT2D eigenvalue weighted by atomic mass is 32.1. The van der Waals surface area contributed by atoms with Crippen LogP contribution in [0.4, 0.5) is 16.2 Å². The summed E-state index contributed by atoms with van der Waals surface area (Å²) in [4.78, 5) is 34.2. The average molecular weight is 461 g/mol. The van der Waals surface area contributed by atoms with E-state index in [0.29, 0.717) is 5.65 Å². The number of aromatic amines is 1. The zero-order valence-corrected chi connectivity index (χ0v) is 20.3. The van der Waals surface area contributed by atoms with Gasteiger partial charge in [-0.05, 0) is 81.2 Å². The predicted octanol–water partition coefficient (Wildman–Crippen LogP) is 6.57. The van der Waals surface area contributed by atoms with Crippen LogP contribution in [0.25, 0.3) is 22.2 Å². The van der Waals surface area contributed by atoms with Crippen molar-refractivity contribution in [3.63, 3.8) is 0 Å². The van der Waals surface area contributed by atoms with Gasteiger partial charge in [0.1, 0.15) is 11.3 Å². The first-order valence-electron chi connectivity index (χ1n) is 11.0. The van der Waals surface area contributed by atoms with Crippen LogP contribution in [0.2, 0.25) is 0 Å². The van der Waals surface area contributed by atoms with Gasteiger partial charge < -0.3 is 10.3 Å². The number of pyridine rings is 2. The SMILES string of the molecule is CC(C)c1cc(-c2ccsc2)cc(C(C)C)c1NC(=O)N(C)c1cc2cccnc2[nH]c1=O. The number of rotatable bonds is 5. The second-order valence-corrected chi connectivity index (χ2v) is 9.55. The third kappa shape index (κ3) is 4.54. The van der Waals surface area contributed by atoms with Crippen LogP contribution in [-0.4, -0.2) is 23.0 Å². The highest BCUT2D eigenvalue weighted by molar-refractivity contribution is 7.08. The van der Waals surface area contributed by atoms with Gasteiger partial charge in [-0.1, -0.05) is 27.7 Å². The molecule has 0 unspecified atom stereocenters. The molecule has 170 valence electrons. The Balaban J connectivity index is 1.74. The van der Waals surface area contributed by atoms with Gasteiger partial charge in [0.15, 0.2) is 0 Å². The molecule has 0 bridgehead atoms. The lowest BCUT2D eigenvalue weighted by molar-refractivity contribution is 0.258. The van der Waals surface area contributed by atoms with E-state index in [-0.39, 0.29) is 29.1 Å². The zero-order valence-electron chi connectivity index (χ0n) is 19.5. The van der Waals surface area contributed by atoms with Gasteiger partial charge >= 0.3 is 6.03 Å². The molecule has 0 fully saturated rings. The third-order valence-electron chi connectivity index (χ3n) is 5.79. The monoisotopic (exact) mass is 460 g/mol. The maximum atomic E-state index is 13.3. The lowest BCUT2D eigenvalue weighted by Gasteiger charge is -2.24. The quantitative estimate of drug-likeness (QED) is 0.354. The van der Waals surface area contributed by atoms with E-state index in [1.54, 1.807) is 36.7 Å². The molecule has 0 spiro atoms. The summed E-state index contributed by atoms with van der Waals surface area (Å²) in [5.41, 5.74) is 5.67. The second-order valence-electron chi connectivity index (χ2n) is 8.77. The first-order valence-corrected chi connectivity index (χ1v) is 11.9. The number of aromatic nitrogens is 2. The highest BCUT2D eigenvalue weighted by Crippen LogP contribution is 2.38. The standard InChI is InChI=1S/C26H28N4O2S/c1-15(2)20-11-19(18-8-10-33-14-18)12-21(16(3)4)23(20)28-26(32)30(5)22-13-17-7-6-9-27-24(17)29-25(22)31/h6-16H,1-5H3,(H,28,32)(H,27,29,31). The van der Waals surface area contributed by atoms with Crippen molar-refractivity contribution in [2.24, 2.45) is 0 Å². The van der Waals surface area contributed by atoms with Crippen molar-refractivity contribution in [2.75, 3.05) is 17.3 Å². The molecule has 3 heterocycles. The molecule has 3 aromatic heterocycles. The van der Waals surface area contributed by atoms with Crippen LogP contribution in [0, 0.1) is 0 Å². The van der Waals surface area contributed by atoms with E-state index in [2.05, 4.69) is 71.9 Å². The summed E-state index contributed by atoms with van der Waals surface area (Å²) in [6, 6.07) is 11.4. The number of thiophene rings is 1. The van der Waals surface area contributed by atoms with Gasteiger partial charge in [-0.25, -0.2) is 9.78 Å². The highest BCUT2D eigenvalue weighted by Gasteiger charge is 2.22. The first kappa shape index (κ1) is 22.7. The summed E-state index contributed by atoms with van der Waals surface area (Å²) in [6.45, 7) is 8.49. The van der Waals surface area contributed by atoms with E-state index in [4.69, 9.17) is 0 Å². The maximum absolute atomic E-state index is 13.3. The van der Waals surface area contributed by atoms with Gasteiger partial charge in [-0.2, -0.15) is 11.3 Å². The Bertz CT molecular complexity index is 1330. The first-order chi connectivity index (χ1) is 15.8. The van der Waals surface area contributed by atoms with Gasteiger partial charge in [-0.3, -0.25) is 9.69 Å². The number of nitrogens with zero attached hydrogens (tertiary/aromatic N) is 2. The summed E-state index contributed by atoms with van der Waals surface area (Å²) in [6.07, 6.45) is 1.62. The smallest absolute Gasteiger partial charge is 0.307 e. The predicted molar refractivity (Wildman–Crippen MR) is 138 cm³/mol. The Morgan fingerprint density at radius 2 is 1.76 bits per heavy atom. The minimum Gasteiger partial charge on any atom is -0.307 e. The Hall–Kier alpha value is -3.45. The molecule has 0 aliphatic rings. The Labute approximate surface area is 197 Å². The number of nitrogens with one attached hydrogen (secondary N) is 2. The Morgan fingerprint density at radius 3 is 2.36 bits per heavy atom. The molecule has 0 saturated heterocycles. The molecule has 0 aliphatic carbocycles. The third-order valence-corrected chi connectivity index (χ3v) is 6.47. The molecule has 0 saturated carbocycles. The van der Waals surface area contributed by atoms with E-state index >= 15 is 0 Å². The fourth-order valence-corrected chi connectivity index (χ4v) is 4.58. The minimum absolute atomic E-state index is 0.205. The molecular weight excluding hydrogens is 432 g/mol. The zero-order chi connectivity index (χ0) is 23.7. The number of fused-ring (bicyclic) bond motifs is 1. The summed E-state index contributed by atoms with van der Waals surface area (Å²) in [5.74, 6) is 0.411. The van der Waals surface area contributed by atoms with Crippen LogP contribution in [0.3, 0.4) is 0 Å². The Morgan fingerprint density at radius 1 is 1.06 bits per heavy atom. The van der Waals surface area contributed by atoms with Crippen LogP contribution in [0.5, 0.6) is 0 Å². The van der Waals surface area contributed by atoms with Crippen molar-refractivity contribution >= 4 is 39.8 Å². The van der Waals surface area contributed by atoms with E-state index < -0.39 is 0 Å². The van der Waals surface area contributed by atoms with Crippen molar-refractivity contribution in [1.29, 1.82) is 0 Å². The second kappa shape index (κ2) is 9.19. The minimum atomic E-state index is -0.365. The number of benzene rings is 1. The van der Waals surface area contributed by atoms with Crippen molar-refractivity contribution in [3.05, 3.63) is 74.8 Å². The summed E-state index contributed by atoms with van der Waals surface area (Å²) >= 11 is 1.67. The number of anilines is 2. The van der Waals surface area contributed by atoms with Crippen molar-refractivity contribution in [3.8, 4) is 11.1 Å². The molecular formula is C26H28N4O2S. The topological polar surface area (TPSA) is 78.1 Å². The normalized spacial score (nSPS) is 11.4. The number of carbonyl (C=O) groups excluding carboxylic acids is 1. The van der Waals surface area contributed by atoms with Gasteiger partial charge in [0, 0.05) is 24.3 Å². The molecule has 6 nitrogen and oxygen atoms in total. The van der Waals surface area contributed by atoms with Gasteiger partial charge in [0.25, 0.3) is 5.56 Å². The van der Waals surface area contributed by atoms with Crippen LogP contribution in [-0.2, 0) is 0 Å². The molecule has 0 atom stereocenters. The van der Waals surface area contributed by atoms with Crippen molar-refractivity contribution < 1.29 is 4.79 Å². The number of amides is 2. The lowest BCUT2D eigenvalue weighted by Crippen LogP contribution is -2.35. The fourth-order valence-electron chi connectivity index (χ4n) is 3.91.